The normalized spacial score (nSPS) is 17.1. The number of aryl methyl sites for hydroxylation is 2. The quantitative estimate of drug-likeness (QED) is 0.243. The zero-order valence-electron chi connectivity index (χ0n) is 23.5. The van der Waals surface area contributed by atoms with Gasteiger partial charge < -0.3 is 9.68 Å². The maximum Gasteiger partial charge on any atom is 0.159 e. The van der Waals surface area contributed by atoms with Crippen LogP contribution in [-0.2, 0) is 22.5 Å². The summed E-state index contributed by atoms with van der Waals surface area (Å²) in [6.07, 6.45) is 7.68. The third-order valence-corrected chi connectivity index (χ3v) is 7.68. The molecule has 0 fully saturated rings. The Bertz CT molecular complexity index is 1590. The third kappa shape index (κ3) is 5.46. The molecular formula is C33H35N5O2. The van der Waals surface area contributed by atoms with Gasteiger partial charge >= 0.3 is 0 Å². The Morgan fingerprint density at radius 3 is 2.23 bits per heavy atom. The molecule has 2 heterocycles. The molecule has 204 valence electrons. The highest BCUT2D eigenvalue weighted by Crippen LogP contribution is 2.29. The van der Waals surface area contributed by atoms with E-state index >= 15 is 0 Å². The van der Waals surface area contributed by atoms with Gasteiger partial charge in [0, 0.05) is 22.6 Å². The number of rotatable bonds is 7. The van der Waals surface area contributed by atoms with E-state index in [4.69, 9.17) is 19.6 Å². The van der Waals surface area contributed by atoms with Crippen LogP contribution in [0, 0.1) is 12.3 Å². The van der Waals surface area contributed by atoms with Crippen LogP contribution in [0.3, 0.4) is 0 Å². The first-order valence-corrected chi connectivity index (χ1v) is 14.2. The predicted octanol–water partition coefficient (Wildman–Crippen LogP) is 6.84. The van der Waals surface area contributed by atoms with Gasteiger partial charge in [0.15, 0.2) is 5.82 Å². The van der Waals surface area contributed by atoms with E-state index in [2.05, 4.69) is 54.3 Å². The molecule has 0 saturated carbocycles. The van der Waals surface area contributed by atoms with E-state index in [1.165, 1.54) is 16.5 Å². The largest absolute Gasteiger partial charge is 0.395 e. The lowest BCUT2D eigenvalue weighted by Crippen LogP contribution is -2.25. The van der Waals surface area contributed by atoms with Crippen LogP contribution in [0.5, 0.6) is 0 Å². The van der Waals surface area contributed by atoms with Crippen LogP contribution in [0.15, 0.2) is 71.1 Å². The van der Waals surface area contributed by atoms with Gasteiger partial charge in [-0.3, -0.25) is 0 Å². The lowest BCUT2D eigenvalue weighted by atomic mass is 9.89. The Labute approximate surface area is 235 Å². The van der Waals surface area contributed by atoms with Crippen molar-refractivity contribution in [3.05, 3.63) is 88.9 Å². The van der Waals surface area contributed by atoms with Gasteiger partial charge in [-0.05, 0) is 68.2 Å². The molecule has 2 aliphatic carbocycles. The SMILES string of the molecule is Cc1c2c(nc3ccccc13)C(=NOCC(C)(C)CON=C1CCCc3cnc(-c4ccccc4)nc31)CCC2. The fourth-order valence-corrected chi connectivity index (χ4v) is 5.43. The number of fused-ring (bicyclic) bond motifs is 3. The fourth-order valence-electron chi connectivity index (χ4n) is 5.43. The number of benzene rings is 2. The second-order valence-corrected chi connectivity index (χ2v) is 11.5. The van der Waals surface area contributed by atoms with Crippen LogP contribution in [0.4, 0.5) is 0 Å². The van der Waals surface area contributed by atoms with Crippen molar-refractivity contribution in [2.45, 2.75) is 59.3 Å². The Kier molecular flexibility index (Phi) is 7.29. The monoisotopic (exact) mass is 533 g/mol. The van der Waals surface area contributed by atoms with Crippen LogP contribution >= 0.6 is 0 Å². The maximum absolute atomic E-state index is 5.91. The summed E-state index contributed by atoms with van der Waals surface area (Å²) in [5.74, 6) is 0.712. The minimum Gasteiger partial charge on any atom is -0.395 e. The maximum atomic E-state index is 5.91. The molecule has 7 heteroatoms. The lowest BCUT2D eigenvalue weighted by Gasteiger charge is -2.23. The second kappa shape index (κ2) is 11.2. The molecule has 0 radical (unpaired) electrons. The Morgan fingerprint density at radius 2 is 1.45 bits per heavy atom. The van der Waals surface area contributed by atoms with Gasteiger partial charge in [0.2, 0.25) is 0 Å². The van der Waals surface area contributed by atoms with Crippen molar-refractivity contribution in [3.8, 4) is 11.4 Å². The lowest BCUT2D eigenvalue weighted by molar-refractivity contribution is -0.000310. The zero-order chi connectivity index (χ0) is 27.5. The standard InChI is InChI=1S/C33H35N5O2/c1-22-25-14-7-8-16-27(25)35-31-26(22)15-10-18-29(31)38-40-21-33(2,3)20-39-37-28-17-9-13-24-19-34-32(36-30(24)28)23-11-5-4-6-12-23/h4-8,11-12,14,16,19H,9-10,13,15,17-18,20-21H2,1-3H3. The summed E-state index contributed by atoms with van der Waals surface area (Å²) in [7, 11) is 0. The van der Waals surface area contributed by atoms with Crippen molar-refractivity contribution < 1.29 is 9.68 Å². The third-order valence-electron chi connectivity index (χ3n) is 7.68. The number of pyridine rings is 1. The molecule has 0 unspecified atom stereocenters. The number of para-hydroxylation sites is 1. The number of hydrogen-bond acceptors (Lipinski definition) is 7. The van der Waals surface area contributed by atoms with Crippen LogP contribution in [0.2, 0.25) is 0 Å². The summed E-state index contributed by atoms with van der Waals surface area (Å²) < 4.78 is 0. The molecule has 2 aromatic carbocycles. The molecule has 2 aromatic heterocycles. The van der Waals surface area contributed by atoms with Gasteiger partial charge in [-0.25, -0.2) is 15.0 Å². The Hall–Kier alpha value is -4.13. The van der Waals surface area contributed by atoms with Crippen LogP contribution in [0.25, 0.3) is 22.3 Å². The molecule has 0 amide bonds. The summed E-state index contributed by atoms with van der Waals surface area (Å²) in [4.78, 5) is 26.2. The first-order chi connectivity index (χ1) is 19.5. The number of oxime groups is 2. The van der Waals surface area contributed by atoms with E-state index in [-0.39, 0.29) is 5.41 Å². The molecule has 0 spiro atoms. The molecule has 2 aliphatic rings. The van der Waals surface area contributed by atoms with Crippen molar-refractivity contribution >= 4 is 22.3 Å². The van der Waals surface area contributed by atoms with Crippen molar-refractivity contribution in [3.63, 3.8) is 0 Å². The number of nitrogens with zero attached hydrogens (tertiary/aromatic N) is 5. The minimum atomic E-state index is -0.281. The van der Waals surface area contributed by atoms with Gasteiger partial charge in [0.25, 0.3) is 0 Å². The van der Waals surface area contributed by atoms with Crippen LogP contribution in [0.1, 0.15) is 67.6 Å². The first-order valence-electron chi connectivity index (χ1n) is 14.2. The fraction of sp³-hybridized carbons (Fsp3) is 0.364. The topological polar surface area (TPSA) is 81.9 Å². The average Bonchev–Trinajstić information content (AvgIpc) is 2.98. The first kappa shape index (κ1) is 26.1. The predicted molar refractivity (Wildman–Crippen MR) is 159 cm³/mol. The van der Waals surface area contributed by atoms with E-state index in [0.29, 0.717) is 19.0 Å². The highest BCUT2D eigenvalue weighted by Gasteiger charge is 2.25. The van der Waals surface area contributed by atoms with Crippen molar-refractivity contribution in [2.24, 2.45) is 15.7 Å². The molecule has 0 atom stereocenters. The van der Waals surface area contributed by atoms with E-state index in [0.717, 1.165) is 78.0 Å². The Balaban J connectivity index is 1.12. The molecule has 7 nitrogen and oxygen atoms in total. The average molecular weight is 534 g/mol. The van der Waals surface area contributed by atoms with Gasteiger partial charge in [-0.2, -0.15) is 0 Å². The van der Waals surface area contributed by atoms with Gasteiger partial charge in [0.1, 0.15) is 24.6 Å². The molecule has 6 rings (SSSR count). The number of hydrogen-bond donors (Lipinski definition) is 0. The highest BCUT2D eigenvalue weighted by molar-refractivity contribution is 6.03. The highest BCUT2D eigenvalue weighted by atomic mass is 16.6. The van der Waals surface area contributed by atoms with Crippen molar-refractivity contribution in [2.75, 3.05) is 13.2 Å². The summed E-state index contributed by atoms with van der Waals surface area (Å²) >= 11 is 0. The van der Waals surface area contributed by atoms with Crippen molar-refractivity contribution in [1.29, 1.82) is 0 Å². The van der Waals surface area contributed by atoms with Gasteiger partial charge in [-0.15, -0.1) is 0 Å². The van der Waals surface area contributed by atoms with Crippen LogP contribution < -0.4 is 0 Å². The molecule has 40 heavy (non-hydrogen) atoms. The second-order valence-electron chi connectivity index (χ2n) is 11.5. The molecule has 4 aromatic rings. The van der Waals surface area contributed by atoms with Gasteiger partial charge in [-0.1, -0.05) is 72.7 Å². The van der Waals surface area contributed by atoms with Gasteiger partial charge in [0.05, 0.1) is 16.9 Å². The molecule has 0 N–H and O–H groups in total. The summed E-state index contributed by atoms with van der Waals surface area (Å²) in [5, 5.41) is 10.3. The summed E-state index contributed by atoms with van der Waals surface area (Å²) in [6, 6.07) is 18.4. The molecule has 0 saturated heterocycles. The molecular weight excluding hydrogens is 498 g/mol. The summed E-state index contributed by atoms with van der Waals surface area (Å²) in [5.41, 5.74) is 9.12. The Morgan fingerprint density at radius 1 is 0.775 bits per heavy atom. The number of aromatic nitrogens is 3. The van der Waals surface area contributed by atoms with E-state index in [1.807, 2.05) is 42.6 Å². The molecule has 0 aliphatic heterocycles. The smallest absolute Gasteiger partial charge is 0.159 e. The van der Waals surface area contributed by atoms with E-state index < -0.39 is 0 Å². The minimum absolute atomic E-state index is 0.281. The van der Waals surface area contributed by atoms with Crippen LogP contribution in [-0.4, -0.2) is 39.6 Å². The van der Waals surface area contributed by atoms with Crippen molar-refractivity contribution in [1.82, 2.24) is 15.0 Å². The zero-order valence-corrected chi connectivity index (χ0v) is 23.5. The van der Waals surface area contributed by atoms with E-state index in [9.17, 15) is 0 Å². The molecule has 0 bridgehead atoms. The summed E-state index contributed by atoms with van der Waals surface area (Å²) in [6.45, 7) is 7.21. The van der Waals surface area contributed by atoms with E-state index in [1.54, 1.807) is 0 Å².